The molecule has 52 heavy (non-hydrogen) atoms. The first-order valence-electron chi connectivity index (χ1n) is 17.2. The second-order valence-electron chi connectivity index (χ2n) is 13.1. The second-order valence-corrected chi connectivity index (χ2v) is 14.2. The maximum atomic E-state index is 9.46. The van der Waals surface area contributed by atoms with Crippen molar-refractivity contribution in [3.8, 4) is 62.5 Å². The third kappa shape index (κ3) is 4.66. The largest absolute Gasteiger partial charge is 0.208 e. The average molecular weight is 681 g/mol. The van der Waals surface area contributed by atoms with Crippen LogP contribution >= 0.6 is 11.8 Å². The molecule has 1 aromatic heterocycles. The lowest BCUT2D eigenvalue weighted by molar-refractivity contribution is 0.722. The minimum Gasteiger partial charge on any atom is -0.208 e. The van der Waals surface area contributed by atoms with Gasteiger partial charge in [0.05, 0.1) is 17.0 Å². The van der Waals surface area contributed by atoms with Crippen LogP contribution in [0.2, 0.25) is 0 Å². The monoisotopic (exact) mass is 680 g/mol. The first kappa shape index (κ1) is 30.2. The zero-order valence-electron chi connectivity index (χ0n) is 27.9. The fourth-order valence-corrected chi connectivity index (χ4v) is 9.07. The van der Waals surface area contributed by atoms with Crippen molar-refractivity contribution in [2.45, 2.75) is 15.2 Å². The Morgan fingerprint density at radius 3 is 1.50 bits per heavy atom. The number of hydrogen-bond acceptors (Lipinski definition) is 5. The fraction of sp³-hybridized carbons (Fsp3) is 0.0213. The molecule has 0 bridgehead atoms. The highest BCUT2D eigenvalue weighted by Gasteiger charge is 2.50. The van der Waals surface area contributed by atoms with Crippen molar-refractivity contribution in [2.75, 3.05) is 0 Å². The molecule has 8 aromatic rings. The lowest BCUT2D eigenvalue weighted by Gasteiger charge is -2.39. The van der Waals surface area contributed by atoms with Gasteiger partial charge in [-0.25, -0.2) is 15.0 Å². The van der Waals surface area contributed by atoms with Crippen molar-refractivity contribution < 1.29 is 0 Å². The van der Waals surface area contributed by atoms with Crippen LogP contribution in [0.5, 0.6) is 0 Å². The van der Waals surface area contributed by atoms with Crippen LogP contribution in [0.4, 0.5) is 0 Å². The van der Waals surface area contributed by atoms with E-state index >= 15 is 0 Å². The van der Waals surface area contributed by atoms with Gasteiger partial charge in [-0.15, -0.1) is 0 Å². The van der Waals surface area contributed by atoms with E-state index in [0.29, 0.717) is 23.0 Å². The smallest absolute Gasteiger partial charge is 0.164 e. The Labute approximate surface area is 306 Å². The number of nitrogens with zero attached hydrogens (tertiary/aromatic N) is 4. The van der Waals surface area contributed by atoms with E-state index in [9.17, 15) is 5.26 Å². The molecule has 1 aliphatic carbocycles. The standard InChI is InChI=1S/C47H28N4S/c48-29-30-18-20-33(21-19-30)44-49-45(34-24-22-32(23-25-34)31-10-2-1-3-11-31)51-46(50-44)35-26-27-43-41(28-35)47(40-16-8-9-17-42(40)52-43)38-14-6-4-12-36(38)37-13-5-7-15-39(37)47/h1-28H. The Balaban J connectivity index is 1.18. The summed E-state index contributed by atoms with van der Waals surface area (Å²) in [5.41, 5.74) is 12.6. The molecular weight excluding hydrogens is 653 g/mol. The van der Waals surface area contributed by atoms with E-state index in [-0.39, 0.29) is 0 Å². The summed E-state index contributed by atoms with van der Waals surface area (Å²) < 4.78 is 0. The molecule has 2 aliphatic rings. The van der Waals surface area contributed by atoms with Crippen molar-refractivity contribution in [1.82, 2.24) is 15.0 Å². The van der Waals surface area contributed by atoms with E-state index in [1.807, 2.05) is 42.1 Å². The number of rotatable bonds is 4. The molecule has 0 amide bonds. The first-order chi connectivity index (χ1) is 25.7. The minimum absolute atomic E-state index is 0.501. The van der Waals surface area contributed by atoms with E-state index in [2.05, 4.69) is 133 Å². The van der Waals surface area contributed by atoms with Gasteiger partial charge in [-0.1, -0.05) is 139 Å². The summed E-state index contributed by atoms with van der Waals surface area (Å²) in [7, 11) is 0. The molecule has 7 aromatic carbocycles. The molecule has 0 unspecified atom stereocenters. The Bertz CT molecular complexity index is 2670. The van der Waals surface area contributed by atoms with E-state index in [4.69, 9.17) is 15.0 Å². The highest BCUT2D eigenvalue weighted by atomic mass is 32.2. The number of benzene rings is 7. The van der Waals surface area contributed by atoms with Crippen LogP contribution in [-0.2, 0) is 5.41 Å². The summed E-state index contributed by atoms with van der Waals surface area (Å²) >= 11 is 1.82. The van der Waals surface area contributed by atoms with Crippen molar-refractivity contribution in [3.63, 3.8) is 0 Å². The van der Waals surface area contributed by atoms with Gasteiger partial charge in [-0.2, -0.15) is 5.26 Å². The number of nitriles is 1. The predicted molar refractivity (Wildman–Crippen MR) is 208 cm³/mol. The Kier molecular flexibility index (Phi) is 6.99. The van der Waals surface area contributed by atoms with Gasteiger partial charge in [-0.3, -0.25) is 0 Å². The third-order valence-electron chi connectivity index (χ3n) is 10.3. The fourth-order valence-electron chi connectivity index (χ4n) is 7.89. The zero-order chi connectivity index (χ0) is 34.6. The molecular formula is C47H28N4S. The van der Waals surface area contributed by atoms with Gasteiger partial charge in [0.15, 0.2) is 17.5 Å². The quantitative estimate of drug-likeness (QED) is 0.185. The molecule has 0 N–H and O–H groups in total. The summed E-state index contributed by atoms with van der Waals surface area (Å²) in [6, 6.07) is 61.5. The Hall–Kier alpha value is -6.61. The third-order valence-corrected chi connectivity index (χ3v) is 11.4. The van der Waals surface area contributed by atoms with E-state index in [1.165, 1.54) is 43.2 Å². The molecule has 5 heteroatoms. The normalized spacial score (nSPS) is 13.1. The van der Waals surface area contributed by atoms with E-state index in [1.54, 1.807) is 12.1 Å². The predicted octanol–water partition coefficient (Wildman–Crippen LogP) is 11.2. The van der Waals surface area contributed by atoms with Gasteiger partial charge in [0.2, 0.25) is 0 Å². The maximum Gasteiger partial charge on any atom is 0.164 e. The van der Waals surface area contributed by atoms with Gasteiger partial charge >= 0.3 is 0 Å². The molecule has 10 rings (SSSR count). The van der Waals surface area contributed by atoms with Crippen LogP contribution in [0.1, 0.15) is 27.8 Å². The van der Waals surface area contributed by atoms with Gasteiger partial charge in [0, 0.05) is 26.5 Å². The van der Waals surface area contributed by atoms with Crippen molar-refractivity contribution in [2.24, 2.45) is 0 Å². The lowest BCUT2D eigenvalue weighted by Crippen LogP contribution is -2.32. The summed E-state index contributed by atoms with van der Waals surface area (Å²) in [5, 5.41) is 9.46. The van der Waals surface area contributed by atoms with Gasteiger partial charge in [0.25, 0.3) is 0 Å². The molecule has 4 nitrogen and oxygen atoms in total. The SMILES string of the molecule is N#Cc1ccc(-c2nc(-c3ccc(-c4ccccc4)cc3)nc(-c3ccc4c(c3)C3(c5ccccc5S4)c4ccccc4-c4ccccc43)n2)cc1. The van der Waals surface area contributed by atoms with Crippen LogP contribution in [0.3, 0.4) is 0 Å². The topological polar surface area (TPSA) is 62.5 Å². The molecule has 2 heterocycles. The molecule has 0 fully saturated rings. The molecule has 1 spiro atoms. The van der Waals surface area contributed by atoms with Crippen molar-refractivity contribution >= 4 is 11.8 Å². The molecule has 0 saturated heterocycles. The van der Waals surface area contributed by atoms with Crippen LogP contribution in [0.25, 0.3) is 56.4 Å². The summed E-state index contributed by atoms with van der Waals surface area (Å²) in [6.07, 6.45) is 0. The molecule has 242 valence electrons. The van der Waals surface area contributed by atoms with Crippen LogP contribution in [0.15, 0.2) is 180 Å². The Morgan fingerprint density at radius 2 is 0.865 bits per heavy atom. The molecule has 0 atom stereocenters. The van der Waals surface area contributed by atoms with Gasteiger partial charge in [0.1, 0.15) is 0 Å². The van der Waals surface area contributed by atoms with Crippen LogP contribution in [0, 0.1) is 11.3 Å². The second kappa shape index (κ2) is 12.0. The highest BCUT2D eigenvalue weighted by molar-refractivity contribution is 7.99. The summed E-state index contributed by atoms with van der Waals surface area (Å²) in [6.45, 7) is 0. The summed E-state index contributed by atoms with van der Waals surface area (Å²) in [5.74, 6) is 1.74. The molecule has 0 radical (unpaired) electrons. The highest BCUT2D eigenvalue weighted by Crippen LogP contribution is 2.62. The molecule has 1 aliphatic heterocycles. The number of aromatic nitrogens is 3. The Morgan fingerprint density at radius 1 is 0.404 bits per heavy atom. The van der Waals surface area contributed by atoms with Crippen LogP contribution < -0.4 is 0 Å². The van der Waals surface area contributed by atoms with E-state index < -0.39 is 5.41 Å². The van der Waals surface area contributed by atoms with Crippen molar-refractivity contribution in [3.05, 3.63) is 198 Å². The summed E-state index contributed by atoms with van der Waals surface area (Å²) in [4.78, 5) is 17.7. The van der Waals surface area contributed by atoms with Crippen LogP contribution in [-0.4, -0.2) is 15.0 Å². The lowest BCUT2D eigenvalue weighted by atomic mass is 9.67. The zero-order valence-corrected chi connectivity index (χ0v) is 28.7. The maximum absolute atomic E-state index is 9.46. The number of fused-ring (bicyclic) bond motifs is 9. The van der Waals surface area contributed by atoms with Gasteiger partial charge in [-0.05, 0) is 87.0 Å². The minimum atomic E-state index is -0.501. The first-order valence-corrected chi connectivity index (χ1v) is 18.1. The van der Waals surface area contributed by atoms with Gasteiger partial charge < -0.3 is 0 Å². The van der Waals surface area contributed by atoms with E-state index in [0.717, 1.165) is 27.8 Å². The molecule has 0 saturated carbocycles. The average Bonchev–Trinajstić information content (AvgIpc) is 3.52. The van der Waals surface area contributed by atoms with Crippen molar-refractivity contribution in [1.29, 1.82) is 5.26 Å². The number of hydrogen-bond donors (Lipinski definition) is 0.